The summed E-state index contributed by atoms with van der Waals surface area (Å²) in [5.41, 5.74) is 0.422. The molecule has 0 saturated carbocycles. The standard InChI is InChI=1S/C12H18N2O4/c1-8-10(9(2)18-14-8)11(16)13-12(7-15)3-5-17-6-4-12/h15H,3-7H2,1-2H3,(H,13,16). The van der Waals surface area contributed by atoms with Crippen LogP contribution >= 0.6 is 0 Å². The van der Waals surface area contributed by atoms with E-state index < -0.39 is 5.54 Å². The molecule has 2 rings (SSSR count). The van der Waals surface area contributed by atoms with Crippen LogP contribution in [-0.4, -0.2) is 41.5 Å². The van der Waals surface area contributed by atoms with Crippen LogP contribution in [0.4, 0.5) is 0 Å². The normalized spacial score (nSPS) is 18.6. The van der Waals surface area contributed by atoms with Crippen molar-refractivity contribution >= 4 is 5.91 Å². The van der Waals surface area contributed by atoms with E-state index >= 15 is 0 Å². The van der Waals surface area contributed by atoms with Crippen LogP contribution in [0.15, 0.2) is 4.52 Å². The third-order valence-electron chi connectivity index (χ3n) is 3.39. The monoisotopic (exact) mass is 254 g/mol. The summed E-state index contributed by atoms with van der Waals surface area (Å²) in [5.74, 6) is 0.243. The molecule has 18 heavy (non-hydrogen) atoms. The average Bonchev–Trinajstić information content (AvgIpc) is 2.70. The van der Waals surface area contributed by atoms with E-state index in [4.69, 9.17) is 9.26 Å². The Balaban J connectivity index is 2.15. The molecule has 0 unspecified atom stereocenters. The molecule has 1 saturated heterocycles. The molecule has 0 aromatic carbocycles. The molecule has 2 heterocycles. The Morgan fingerprint density at radius 1 is 1.44 bits per heavy atom. The molecule has 1 aliphatic heterocycles. The van der Waals surface area contributed by atoms with E-state index in [1.165, 1.54) is 0 Å². The lowest BCUT2D eigenvalue weighted by Gasteiger charge is -2.36. The van der Waals surface area contributed by atoms with E-state index in [1.54, 1.807) is 13.8 Å². The van der Waals surface area contributed by atoms with Crippen LogP contribution in [0, 0.1) is 13.8 Å². The van der Waals surface area contributed by atoms with Gasteiger partial charge < -0.3 is 19.7 Å². The maximum absolute atomic E-state index is 12.2. The Kier molecular flexibility index (Phi) is 3.68. The molecule has 6 nitrogen and oxygen atoms in total. The summed E-state index contributed by atoms with van der Waals surface area (Å²) in [6, 6.07) is 0. The number of ether oxygens (including phenoxy) is 1. The number of rotatable bonds is 3. The van der Waals surface area contributed by atoms with Crippen LogP contribution in [0.3, 0.4) is 0 Å². The predicted molar refractivity (Wildman–Crippen MR) is 63.3 cm³/mol. The molecular formula is C12H18N2O4. The van der Waals surface area contributed by atoms with Crippen molar-refractivity contribution in [3.8, 4) is 0 Å². The third-order valence-corrected chi connectivity index (χ3v) is 3.39. The highest BCUT2D eigenvalue weighted by molar-refractivity contribution is 5.96. The maximum Gasteiger partial charge on any atom is 0.257 e. The van der Waals surface area contributed by atoms with Gasteiger partial charge in [-0.1, -0.05) is 5.16 Å². The summed E-state index contributed by atoms with van der Waals surface area (Å²) in [6.45, 7) is 4.42. The van der Waals surface area contributed by atoms with Crippen LogP contribution in [0.5, 0.6) is 0 Å². The van der Waals surface area contributed by atoms with Crippen LogP contribution in [-0.2, 0) is 4.74 Å². The van der Waals surface area contributed by atoms with Crippen molar-refractivity contribution in [3.05, 3.63) is 17.0 Å². The number of nitrogens with one attached hydrogen (secondary N) is 1. The first-order chi connectivity index (χ1) is 8.58. The minimum atomic E-state index is -0.592. The third kappa shape index (κ3) is 2.39. The minimum absolute atomic E-state index is 0.0918. The van der Waals surface area contributed by atoms with Gasteiger partial charge in [-0.15, -0.1) is 0 Å². The highest BCUT2D eigenvalue weighted by atomic mass is 16.5. The Hall–Kier alpha value is -1.40. The van der Waals surface area contributed by atoms with E-state index in [0.717, 1.165) is 0 Å². The lowest BCUT2D eigenvalue weighted by Crippen LogP contribution is -2.54. The Bertz CT molecular complexity index is 416. The van der Waals surface area contributed by atoms with Crippen molar-refractivity contribution in [3.63, 3.8) is 0 Å². The second kappa shape index (κ2) is 5.07. The van der Waals surface area contributed by atoms with Crippen molar-refractivity contribution in [2.75, 3.05) is 19.8 Å². The molecule has 1 amide bonds. The van der Waals surface area contributed by atoms with Gasteiger partial charge in [-0.2, -0.15) is 0 Å². The smallest absolute Gasteiger partial charge is 0.257 e. The average molecular weight is 254 g/mol. The molecule has 0 spiro atoms. The number of carbonyl (C=O) groups excluding carboxylic acids is 1. The van der Waals surface area contributed by atoms with Gasteiger partial charge in [0, 0.05) is 13.2 Å². The van der Waals surface area contributed by atoms with Crippen molar-refractivity contribution in [1.82, 2.24) is 10.5 Å². The number of carbonyl (C=O) groups is 1. The predicted octanol–water partition coefficient (Wildman–Crippen LogP) is 0.563. The fraction of sp³-hybridized carbons (Fsp3) is 0.667. The number of amides is 1. The molecule has 0 atom stereocenters. The Labute approximate surface area is 105 Å². The molecule has 0 bridgehead atoms. The zero-order valence-corrected chi connectivity index (χ0v) is 10.7. The minimum Gasteiger partial charge on any atom is -0.394 e. The Morgan fingerprint density at radius 2 is 2.11 bits per heavy atom. The quantitative estimate of drug-likeness (QED) is 0.823. The summed E-state index contributed by atoms with van der Waals surface area (Å²) in [7, 11) is 0. The number of aliphatic hydroxyl groups is 1. The van der Waals surface area contributed by atoms with Crippen molar-refractivity contribution in [2.45, 2.75) is 32.2 Å². The van der Waals surface area contributed by atoms with E-state index in [9.17, 15) is 9.90 Å². The summed E-state index contributed by atoms with van der Waals surface area (Å²) < 4.78 is 10.2. The first-order valence-corrected chi connectivity index (χ1v) is 6.02. The first-order valence-electron chi connectivity index (χ1n) is 6.02. The first kappa shape index (κ1) is 13.0. The number of hydrogen-bond donors (Lipinski definition) is 2. The number of hydrogen-bond acceptors (Lipinski definition) is 5. The van der Waals surface area contributed by atoms with Gasteiger partial charge in [0.1, 0.15) is 11.3 Å². The summed E-state index contributed by atoms with van der Waals surface area (Å²) in [5, 5.41) is 16.2. The highest BCUT2D eigenvalue weighted by Crippen LogP contribution is 2.22. The molecule has 0 aliphatic carbocycles. The van der Waals surface area contributed by atoms with Gasteiger partial charge in [-0.05, 0) is 26.7 Å². The summed E-state index contributed by atoms with van der Waals surface area (Å²) in [6.07, 6.45) is 1.22. The van der Waals surface area contributed by atoms with Gasteiger partial charge in [0.15, 0.2) is 0 Å². The van der Waals surface area contributed by atoms with E-state index in [-0.39, 0.29) is 12.5 Å². The zero-order chi connectivity index (χ0) is 13.2. The SMILES string of the molecule is Cc1noc(C)c1C(=O)NC1(CO)CCOCC1. The van der Waals surface area contributed by atoms with E-state index in [0.29, 0.717) is 43.1 Å². The van der Waals surface area contributed by atoms with Crippen molar-refractivity contribution in [1.29, 1.82) is 0 Å². The van der Waals surface area contributed by atoms with E-state index in [2.05, 4.69) is 10.5 Å². The highest BCUT2D eigenvalue weighted by Gasteiger charge is 2.35. The van der Waals surface area contributed by atoms with Gasteiger partial charge in [0.2, 0.25) is 0 Å². The van der Waals surface area contributed by atoms with Gasteiger partial charge in [0.05, 0.1) is 17.8 Å². The summed E-state index contributed by atoms with van der Waals surface area (Å²) >= 11 is 0. The number of aliphatic hydroxyl groups excluding tert-OH is 1. The van der Waals surface area contributed by atoms with Crippen molar-refractivity contribution in [2.24, 2.45) is 0 Å². The van der Waals surface area contributed by atoms with E-state index in [1.807, 2.05) is 0 Å². The largest absolute Gasteiger partial charge is 0.394 e. The molecular weight excluding hydrogens is 236 g/mol. The summed E-state index contributed by atoms with van der Waals surface area (Å²) in [4.78, 5) is 12.2. The fourth-order valence-electron chi connectivity index (χ4n) is 2.20. The van der Waals surface area contributed by atoms with Crippen LogP contribution in [0.25, 0.3) is 0 Å². The van der Waals surface area contributed by atoms with Crippen LogP contribution in [0.1, 0.15) is 34.7 Å². The lowest BCUT2D eigenvalue weighted by atomic mass is 9.90. The van der Waals surface area contributed by atoms with Gasteiger partial charge in [-0.25, -0.2) is 0 Å². The molecule has 1 aliphatic rings. The number of nitrogens with zero attached hydrogens (tertiary/aromatic N) is 1. The molecule has 1 aromatic heterocycles. The Morgan fingerprint density at radius 3 is 2.61 bits per heavy atom. The molecule has 6 heteroatoms. The topological polar surface area (TPSA) is 84.6 Å². The molecule has 2 N–H and O–H groups in total. The van der Waals surface area contributed by atoms with Gasteiger partial charge in [-0.3, -0.25) is 4.79 Å². The second-order valence-corrected chi connectivity index (χ2v) is 4.70. The molecule has 1 fully saturated rings. The van der Waals surface area contributed by atoms with Crippen LogP contribution in [0.2, 0.25) is 0 Å². The lowest BCUT2D eigenvalue weighted by molar-refractivity contribution is 0.0125. The molecule has 0 radical (unpaired) electrons. The molecule has 1 aromatic rings. The fourth-order valence-corrected chi connectivity index (χ4v) is 2.20. The number of aryl methyl sites for hydroxylation is 2. The van der Waals surface area contributed by atoms with Crippen LogP contribution < -0.4 is 5.32 Å². The maximum atomic E-state index is 12.2. The van der Waals surface area contributed by atoms with Gasteiger partial charge in [0.25, 0.3) is 5.91 Å². The second-order valence-electron chi connectivity index (χ2n) is 4.70. The zero-order valence-electron chi connectivity index (χ0n) is 10.7. The van der Waals surface area contributed by atoms with Gasteiger partial charge >= 0.3 is 0 Å². The van der Waals surface area contributed by atoms with Crippen molar-refractivity contribution < 1.29 is 19.2 Å². The number of aromatic nitrogens is 1. The molecule has 100 valence electrons.